The van der Waals surface area contributed by atoms with E-state index in [-0.39, 0.29) is 17.9 Å². The molecule has 0 aliphatic carbocycles. The van der Waals surface area contributed by atoms with Gasteiger partial charge in [-0.3, -0.25) is 9.59 Å². The number of hydrogen-bond donors (Lipinski definition) is 3. The van der Waals surface area contributed by atoms with Gasteiger partial charge in [0.1, 0.15) is 0 Å². The minimum atomic E-state index is -0.179. The molecule has 1 fully saturated rings. The quantitative estimate of drug-likeness (QED) is 0.728. The maximum absolute atomic E-state index is 12.2. The summed E-state index contributed by atoms with van der Waals surface area (Å²) in [5.41, 5.74) is 1.24. The van der Waals surface area contributed by atoms with Gasteiger partial charge in [0.25, 0.3) is 5.91 Å². The molecule has 2 amide bonds. The minimum Gasteiger partial charge on any atom is -0.354 e. The number of carbonyl (C=O) groups is 2. The van der Waals surface area contributed by atoms with Crippen molar-refractivity contribution in [3.8, 4) is 11.4 Å². The highest BCUT2D eigenvalue weighted by molar-refractivity contribution is 5.95. The highest BCUT2D eigenvalue weighted by Crippen LogP contribution is 2.15. The Hall–Kier alpha value is -2.77. The lowest BCUT2D eigenvalue weighted by Gasteiger charge is -2.23. The summed E-state index contributed by atoms with van der Waals surface area (Å²) >= 11 is 0. The van der Waals surface area contributed by atoms with Crippen LogP contribution in [0, 0.1) is 0 Å². The highest BCUT2D eigenvalue weighted by atomic mass is 16.2. The zero-order valence-corrected chi connectivity index (χ0v) is 11.2. The zero-order chi connectivity index (χ0) is 14.7. The molecule has 0 saturated carbocycles. The number of hydrogen-bond acceptors (Lipinski definition) is 5. The summed E-state index contributed by atoms with van der Waals surface area (Å²) < 4.78 is 0. The first-order valence-corrected chi connectivity index (χ1v) is 6.64. The third-order valence-electron chi connectivity index (χ3n) is 3.33. The van der Waals surface area contributed by atoms with Crippen molar-refractivity contribution in [2.45, 2.75) is 18.9 Å². The van der Waals surface area contributed by atoms with Crippen molar-refractivity contribution in [3.05, 3.63) is 29.8 Å². The molecular formula is C13H14N6O2. The molecule has 1 atom stereocenters. The Kier molecular flexibility index (Phi) is 3.59. The number of rotatable bonds is 3. The van der Waals surface area contributed by atoms with Crippen LogP contribution in [0.5, 0.6) is 0 Å². The Labute approximate surface area is 120 Å². The van der Waals surface area contributed by atoms with Crippen LogP contribution in [0.2, 0.25) is 0 Å². The number of piperidine rings is 1. The summed E-state index contributed by atoms with van der Waals surface area (Å²) in [6.07, 6.45) is 1.09. The molecule has 21 heavy (non-hydrogen) atoms. The fraction of sp³-hybridized carbons (Fsp3) is 0.308. The van der Waals surface area contributed by atoms with Crippen LogP contribution in [0.1, 0.15) is 23.2 Å². The Morgan fingerprint density at radius 2 is 2.29 bits per heavy atom. The lowest BCUT2D eigenvalue weighted by molar-refractivity contribution is -0.122. The molecule has 0 bridgehead atoms. The number of carbonyl (C=O) groups excluding carboxylic acids is 2. The monoisotopic (exact) mass is 286 g/mol. The maximum Gasteiger partial charge on any atom is 0.251 e. The number of aromatic nitrogens is 4. The van der Waals surface area contributed by atoms with Gasteiger partial charge in [0.15, 0.2) is 0 Å². The van der Waals surface area contributed by atoms with Crippen molar-refractivity contribution >= 4 is 11.8 Å². The summed E-state index contributed by atoms with van der Waals surface area (Å²) in [5, 5.41) is 19.3. The van der Waals surface area contributed by atoms with Gasteiger partial charge < -0.3 is 10.6 Å². The van der Waals surface area contributed by atoms with Crippen LogP contribution in [0.3, 0.4) is 0 Å². The van der Waals surface area contributed by atoms with Gasteiger partial charge in [-0.2, -0.15) is 5.21 Å². The molecule has 3 N–H and O–H groups in total. The van der Waals surface area contributed by atoms with E-state index in [0.29, 0.717) is 36.3 Å². The van der Waals surface area contributed by atoms with Crippen molar-refractivity contribution < 1.29 is 9.59 Å². The van der Waals surface area contributed by atoms with Crippen LogP contribution < -0.4 is 10.6 Å². The second kappa shape index (κ2) is 5.70. The van der Waals surface area contributed by atoms with E-state index in [1.165, 1.54) is 0 Å². The molecule has 1 aromatic carbocycles. The van der Waals surface area contributed by atoms with Gasteiger partial charge >= 0.3 is 0 Å². The molecule has 8 nitrogen and oxygen atoms in total. The SMILES string of the molecule is O=C1CCC(NC(=O)c2cccc(-c3nn[nH]n3)c2)CN1. The van der Waals surface area contributed by atoms with Crippen molar-refractivity contribution in [2.75, 3.05) is 6.54 Å². The molecule has 2 aromatic rings. The Morgan fingerprint density at radius 1 is 1.38 bits per heavy atom. The lowest BCUT2D eigenvalue weighted by atomic mass is 10.1. The summed E-state index contributed by atoms with van der Waals surface area (Å²) in [6.45, 7) is 0.467. The normalized spacial score (nSPS) is 18.1. The molecule has 1 aliphatic heterocycles. The number of amides is 2. The molecule has 1 unspecified atom stereocenters. The molecule has 3 rings (SSSR count). The fourth-order valence-corrected chi connectivity index (χ4v) is 2.21. The number of benzene rings is 1. The summed E-state index contributed by atoms with van der Waals surface area (Å²) in [5.74, 6) is 0.288. The molecule has 108 valence electrons. The van der Waals surface area contributed by atoms with E-state index in [0.717, 1.165) is 0 Å². The van der Waals surface area contributed by atoms with E-state index in [1.807, 2.05) is 6.07 Å². The lowest BCUT2D eigenvalue weighted by Crippen LogP contribution is -2.47. The third kappa shape index (κ3) is 3.04. The Bertz CT molecular complexity index is 644. The summed E-state index contributed by atoms with van der Waals surface area (Å²) in [4.78, 5) is 23.3. The minimum absolute atomic E-state index is 0.0274. The predicted molar refractivity (Wildman–Crippen MR) is 73.1 cm³/mol. The maximum atomic E-state index is 12.2. The molecule has 0 radical (unpaired) electrons. The molecule has 1 aromatic heterocycles. The zero-order valence-electron chi connectivity index (χ0n) is 11.2. The third-order valence-corrected chi connectivity index (χ3v) is 3.33. The standard InChI is InChI=1S/C13H14N6O2/c20-11-5-4-10(7-14-11)15-13(21)9-3-1-2-8(6-9)12-16-18-19-17-12/h1-3,6,10H,4-5,7H2,(H,14,20)(H,15,21)(H,16,17,18,19). The van der Waals surface area contributed by atoms with Crippen LogP contribution in [-0.4, -0.2) is 45.0 Å². The van der Waals surface area contributed by atoms with Crippen molar-refractivity contribution in [3.63, 3.8) is 0 Å². The van der Waals surface area contributed by atoms with E-state index in [1.54, 1.807) is 18.2 Å². The number of aromatic amines is 1. The largest absolute Gasteiger partial charge is 0.354 e. The van der Waals surface area contributed by atoms with Gasteiger partial charge in [-0.05, 0) is 23.8 Å². The van der Waals surface area contributed by atoms with E-state index in [2.05, 4.69) is 31.3 Å². The van der Waals surface area contributed by atoms with Crippen LogP contribution in [-0.2, 0) is 4.79 Å². The Balaban J connectivity index is 1.70. The van der Waals surface area contributed by atoms with Gasteiger partial charge in [0.05, 0.1) is 0 Å². The number of nitrogens with zero attached hydrogens (tertiary/aromatic N) is 3. The van der Waals surface area contributed by atoms with Gasteiger partial charge in [-0.15, -0.1) is 10.2 Å². The van der Waals surface area contributed by atoms with E-state index in [4.69, 9.17) is 0 Å². The first-order chi connectivity index (χ1) is 10.2. The second-order valence-electron chi connectivity index (χ2n) is 4.83. The van der Waals surface area contributed by atoms with Crippen LogP contribution in [0.4, 0.5) is 0 Å². The predicted octanol–water partition coefficient (Wildman–Crippen LogP) is -0.125. The van der Waals surface area contributed by atoms with Crippen LogP contribution in [0.15, 0.2) is 24.3 Å². The van der Waals surface area contributed by atoms with Crippen molar-refractivity contribution in [1.29, 1.82) is 0 Å². The van der Waals surface area contributed by atoms with Crippen molar-refractivity contribution in [2.24, 2.45) is 0 Å². The average molecular weight is 286 g/mol. The van der Waals surface area contributed by atoms with E-state index >= 15 is 0 Å². The van der Waals surface area contributed by atoms with Gasteiger partial charge in [-0.1, -0.05) is 12.1 Å². The molecule has 1 aliphatic rings. The fourth-order valence-electron chi connectivity index (χ4n) is 2.21. The smallest absolute Gasteiger partial charge is 0.251 e. The van der Waals surface area contributed by atoms with E-state index in [9.17, 15) is 9.59 Å². The number of nitrogens with one attached hydrogen (secondary N) is 3. The molecule has 2 heterocycles. The molecule has 0 spiro atoms. The summed E-state index contributed by atoms with van der Waals surface area (Å²) in [7, 11) is 0. The first kappa shape index (κ1) is 13.2. The number of H-pyrrole nitrogens is 1. The first-order valence-electron chi connectivity index (χ1n) is 6.64. The van der Waals surface area contributed by atoms with Gasteiger partial charge in [-0.25, -0.2) is 0 Å². The highest BCUT2D eigenvalue weighted by Gasteiger charge is 2.20. The van der Waals surface area contributed by atoms with Crippen molar-refractivity contribution in [1.82, 2.24) is 31.3 Å². The molecule has 1 saturated heterocycles. The molecule has 8 heteroatoms. The van der Waals surface area contributed by atoms with E-state index < -0.39 is 0 Å². The molecular weight excluding hydrogens is 272 g/mol. The van der Waals surface area contributed by atoms with Gasteiger partial charge in [0, 0.05) is 30.1 Å². The van der Waals surface area contributed by atoms with Gasteiger partial charge in [0.2, 0.25) is 11.7 Å². The number of tetrazole rings is 1. The second-order valence-corrected chi connectivity index (χ2v) is 4.83. The topological polar surface area (TPSA) is 113 Å². The summed E-state index contributed by atoms with van der Waals surface area (Å²) in [6, 6.07) is 6.97. The van der Waals surface area contributed by atoms with Crippen LogP contribution >= 0.6 is 0 Å². The Morgan fingerprint density at radius 3 is 3.00 bits per heavy atom. The van der Waals surface area contributed by atoms with Crippen LogP contribution in [0.25, 0.3) is 11.4 Å². The average Bonchev–Trinajstić information content (AvgIpc) is 3.04.